The molecule has 2 aromatic carbocycles. The lowest BCUT2D eigenvalue weighted by atomic mass is 10.1. The molecule has 0 saturated carbocycles. The summed E-state index contributed by atoms with van der Waals surface area (Å²) in [5.74, 6) is -0.657. The van der Waals surface area contributed by atoms with Gasteiger partial charge in [-0.1, -0.05) is 35.5 Å². The van der Waals surface area contributed by atoms with Crippen LogP contribution < -0.4 is 0 Å². The fourth-order valence-electron chi connectivity index (χ4n) is 2.31. The second-order valence-electron chi connectivity index (χ2n) is 5.18. The van der Waals surface area contributed by atoms with Gasteiger partial charge in [0.1, 0.15) is 5.52 Å². The Bertz CT molecular complexity index is 885. The topological polar surface area (TPSA) is 78.6 Å². The maximum absolute atomic E-state index is 12.2. The van der Waals surface area contributed by atoms with Gasteiger partial charge in [-0.2, -0.15) is 0 Å². The van der Waals surface area contributed by atoms with Crippen LogP contribution in [-0.4, -0.2) is 30.3 Å². The maximum Gasteiger partial charge on any atom is 0.346 e. The van der Waals surface area contributed by atoms with Crippen molar-refractivity contribution in [2.75, 3.05) is 7.11 Å². The molecule has 1 aromatic heterocycles. The third-order valence-electron chi connectivity index (χ3n) is 3.57. The summed E-state index contributed by atoms with van der Waals surface area (Å²) in [5.41, 5.74) is 1.79. The van der Waals surface area contributed by atoms with Crippen molar-refractivity contribution >= 4 is 22.8 Å². The van der Waals surface area contributed by atoms with Crippen LogP contribution in [0.3, 0.4) is 0 Å². The average molecular weight is 325 g/mol. The predicted molar refractivity (Wildman–Crippen MR) is 86.3 cm³/mol. The minimum absolute atomic E-state index is 0.304. The first-order chi connectivity index (χ1) is 11.6. The Kier molecular flexibility index (Phi) is 4.29. The van der Waals surface area contributed by atoms with E-state index < -0.39 is 18.0 Å². The van der Waals surface area contributed by atoms with E-state index in [0.717, 1.165) is 5.56 Å². The highest BCUT2D eigenvalue weighted by atomic mass is 16.6. The van der Waals surface area contributed by atoms with E-state index in [1.807, 2.05) is 30.3 Å². The molecule has 0 aliphatic heterocycles. The van der Waals surface area contributed by atoms with Gasteiger partial charge in [-0.15, -0.1) is 0 Å². The molecule has 122 valence electrons. The number of methoxy groups -OCH3 is 1. The zero-order valence-corrected chi connectivity index (χ0v) is 13.2. The second kappa shape index (κ2) is 6.54. The van der Waals surface area contributed by atoms with Gasteiger partial charge in [0.25, 0.3) is 0 Å². The molecule has 0 fully saturated rings. The van der Waals surface area contributed by atoms with Gasteiger partial charge in [0, 0.05) is 5.56 Å². The van der Waals surface area contributed by atoms with E-state index in [-0.39, 0.29) is 0 Å². The normalized spacial score (nSPS) is 11.9. The van der Waals surface area contributed by atoms with Crippen LogP contribution in [0.5, 0.6) is 0 Å². The van der Waals surface area contributed by atoms with Crippen molar-refractivity contribution < 1.29 is 23.6 Å². The number of nitrogens with zero attached hydrogens (tertiary/aromatic N) is 1. The first kappa shape index (κ1) is 15.7. The molecule has 1 heterocycles. The van der Waals surface area contributed by atoms with E-state index in [4.69, 9.17) is 9.26 Å². The van der Waals surface area contributed by atoms with Crippen molar-refractivity contribution in [1.82, 2.24) is 5.16 Å². The Morgan fingerprint density at radius 3 is 2.58 bits per heavy atom. The standard InChI is InChI=1S/C18H15NO5/c1-11(17(20)22-2)23-18(21)13-8-9-15-14(10-13)16(24-19-15)12-6-4-3-5-7-12/h3-11H,1-2H3. The van der Waals surface area contributed by atoms with Crippen LogP contribution in [-0.2, 0) is 14.3 Å². The highest BCUT2D eigenvalue weighted by Crippen LogP contribution is 2.29. The van der Waals surface area contributed by atoms with Crippen molar-refractivity contribution in [3.63, 3.8) is 0 Å². The van der Waals surface area contributed by atoms with Crippen LogP contribution in [0.4, 0.5) is 0 Å². The summed E-state index contributed by atoms with van der Waals surface area (Å²) in [6.45, 7) is 1.46. The third kappa shape index (κ3) is 2.99. The number of ether oxygens (including phenoxy) is 2. The van der Waals surface area contributed by atoms with E-state index in [0.29, 0.717) is 22.2 Å². The lowest BCUT2D eigenvalue weighted by Crippen LogP contribution is -2.25. The molecule has 6 nitrogen and oxygen atoms in total. The molecule has 0 amide bonds. The number of benzene rings is 2. The van der Waals surface area contributed by atoms with Crippen LogP contribution in [0.1, 0.15) is 17.3 Å². The first-order valence-electron chi connectivity index (χ1n) is 7.34. The molecule has 1 atom stereocenters. The molecule has 0 bridgehead atoms. The molecule has 1 unspecified atom stereocenters. The molecule has 0 aliphatic rings. The van der Waals surface area contributed by atoms with Gasteiger partial charge < -0.3 is 14.0 Å². The predicted octanol–water partition coefficient (Wildman–Crippen LogP) is 3.21. The Balaban J connectivity index is 1.93. The minimum atomic E-state index is -0.978. The molecule has 3 aromatic rings. The number of carbonyl (C=O) groups is 2. The quantitative estimate of drug-likeness (QED) is 0.685. The van der Waals surface area contributed by atoms with Gasteiger partial charge in [-0.05, 0) is 25.1 Å². The van der Waals surface area contributed by atoms with E-state index in [2.05, 4.69) is 9.89 Å². The number of hydrogen-bond acceptors (Lipinski definition) is 6. The van der Waals surface area contributed by atoms with E-state index in [1.165, 1.54) is 14.0 Å². The lowest BCUT2D eigenvalue weighted by molar-refractivity contribution is -0.149. The Hall–Kier alpha value is -3.15. The van der Waals surface area contributed by atoms with Gasteiger partial charge in [0.05, 0.1) is 18.1 Å². The molecule has 0 spiro atoms. The number of esters is 2. The summed E-state index contributed by atoms with van der Waals surface area (Å²) in [4.78, 5) is 23.6. The molecular weight excluding hydrogens is 310 g/mol. The van der Waals surface area contributed by atoms with Crippen LogP contribution >= 0.6 is 0 Å². The first-order valence-corrected chi connectivity index (χ1v) is 7.34. The molecule has 3 rings (SSSR count). The zero-order chi connectivity index (χ0) is 17.1. The van der Waals surface area contributed by atoms with Gasteiger partial charge in [-0.25, -0.2) is 9.59 Å². The summed E-state index contributed by atoms with van der Waals surface area (Å²) in [7, 11) is 1.24. The van der Waals surface area contributed by atoms with E-state index in [1.54, 1.807) is 18.2 Å². The Morgan fingerprint density at radius 2 is 1.88 bits per heavy atom. The largest absolute Gasteiger partial charge is 0.466 e. The zero-order valence-electron chi connectivity index (χ0n) is 13.2. The maximum atomic E-state index is 12.2. The van der Waals surface area contributed by atoms with Gasteiger partial charge in [0.2, 0.25) is 0 Å². The summed E-state index contributed by atoms with van der Waals surface area (Å²) in [6, 6.07) is 14.4. The van der Waals surface area contributed by atoms with Gasteiger partial charge in [0.15, 0.2) is 11.9 Å². The number of aromatic nitrogens is 1. The van der Waals surface area contributed by atoms with Crippen LogP contribution in [0.25, 0.3) is 22.2 Å². The van der Waals surface area contributed by atoms with Crippen molar-refractivity contribution in [3.05, 3.63) is 54.1 Å². The molecule has 0 N–H and O–H groups in total. The fourth-order valence-corrected chi connectivity index (χ4v) is 2.31. The monoisotopic (exact) mass is 325 g/mol. The van der Waals surface area contributed by atoms with E-state index in [9.17, 15) is 9.59 Å². The molecule has 0 radical (unpaired) electrons. The van der Waals surface area contributed by atoms with Gasteiger partial charge in [-0.3, -0.25) is 0 Å². The van der Waals surface area contributed by atoms with Crippen LogP contribution in [0.2, 0.25) is 0 Å². The minimum Gasteiger partial charge on any atom is -0.466 e. The molecular formula is C18H15NO5. The van der Waals surface area contributed by atoms with Crippen molar-refractivity contribution in [2.45, 2.75) is 13.0 Å². The highest BCUT2D eigenvalue weighted by molar-refractivity contribution is 5.99. The number of carbonyl (C=O) groups excluding carboxylic acids is 2. The highest BCUT2D eigenvalue weighted by Gasteiger charge is 2.20. The summed E-state index contributed by atoms with van der Waals surface area (Å²) in [6.07, 6.45) is -0.978. The van der Waals surface area contributed by atoms with Crippen molar-refractivity contribution in [3.8, 4) is 11.3 Å². The third-order valence-corrected chi connectivity index (χ3v) is 3.57. The Labute approximate surface area is 138 Å². The lowest BCUT2D eigenvalue weighted by Gasteiger charge is -2.10. The summed E-state index contributed by atoms with van der Waals surface area (Å²) >= 11 is 0. The summed E-state index contributed by atoms with van der Waals surface area (Å²) in [5, 5.41) is 4.69. The van der Waals surface area contributed by atoms with Crippen molar-refractivity contribution in [1.29, 1.82) is 0 Å². The smallest absolute Gasteiger partial charge is 0.346 e. The fraction of sp³-hybridized carbons (Fsp3) is 0.167. The SMILES string of the molecule is COC(=O)C(C)OC(=O)c1ccc2noc(-c3ccccc3)c2c1. The van der Waals surface area contributed by atoms with Gasteiger partial charge >= 0.3 is 11.9 Å². The van der Waals surface area contributed by atoms with E-state index >= 15 is 0 Å². The molecule has 6 heteroatoms. The summed E-state index contributed by atoms with van der Waals surface area (Å²) < 4.78 is 15.0. The van der Waals surface area contributed by atoms with Crippen LogP contribution in [0.15, 0.2) is 53.1 Å². The number of hydrogen-bond donors (Lipinski definition) is 0. The molecule has 0 saturated heterocycles. The molecule has 0 aliphatic carbocycles. The second-order valence-corrected chi connectivity index (χ2v) is 5.18. The van der Waals surface area contributed by atoms with Crippen molar-refractivity contribution in [2.24, 2.45) is 0 Å². The molecule has 24 heavy (non-hydrogen) atoms. The van der Waals surface area contributed by atoms with Crippen LogP contribution in [0, 0.1) is 0 Å². The number of rotatable bonds is 4. The average Bonchev–Trinajstić information content (AvgIpc) is 3.04. The Morgan fingerprint density at radius 1 is 1.12 bits per heavy atom. The number of fused-ring (bicyclic) bond motifs is 1.